The lowest BCUT2D eigenvalue weighted by Crippen LogP contribution is -3.27. The SMILES string of the molecule is COC(=O)NC[C@H](c1ccc(N(C)C)cc1)[NH+]1CC[NH+](C)CC1. The van der Waals surface area contributed by atoms with Gasteiger partial charge in [-0.3, -0.25) is 0 Å². The van der Waals surface area contributed by atoms with Gasteiger partial charge in [-0.2, -0.15) is 0 Å². The number of piperazine rings is 1. The van der Waals surface area contributed by atoms with Crippen LogP contribution in [0.5, 0.6) is 0 Å². The number of benzene rings is 1. The number of quaternary nitrogens is 2. The van der Waals surface area contributed by atoms with Gasteiger partial charge in [0.25, 0.3) is 0 Å². The fourth-order valence-electron chi connectivity index (χ4n) is 3.11. The lowest BCUT2D eigenvalue weighted by molar-refractivity contribution is -1.02. The molecule has 1 fully saturated rings. The first kappa shape index (κ1) is 17.6. The van der Waals surface area contributed by atoms with Gasteiger partial charge in [0.1, 0.15) is 32.2 Å². The van der Waals surface area contributed by atoms with E-state index in [0.717, 1.165) is 13.1 Å². The van der Waals surface area contributed by atoms with Crippen molar-refractivity contribution < 1.29 is 19.3 Å². The molecule has 1 aromatic carbocycles. The van der Waals surface area contributed by atoms with Crippen molar-refractivity contribution in [2.75, 3.05) is 65.9 Å². The first-order valence-corrected chi connectivity index (χ1v) is 8.26. The third-order valence-corrected chi connectivity index (χ3v) is 4.69. The smallest absolute Gasteiger partial charge is 0.407 e. The topological polar surface area (TPSA) is 50.4 Å². The van der Waals surface area contributed by atoms with Crippen LogP contribution in [0.4, 0.5) is 10.5 Å². The fourth-order valence-corrected chi connectivity index (χ4v) is 3.11. The van der Waals surface area contributed by atoms with Gasteiger partial charge in [-0.15, -0.1) is 0 Å². The van der Waals surface area contributed by atoms with E-state index in [1.807, 2.05) is 14.1 Å². The Hall–Kier alpha value is -1.79. The Morgan fingerprint density at radius 2 is 1.83 bits per heavy atom. The summed E-state index contributed by atoms with van der Waals surface area (Å²) >= 11 is 0. The van der Waals surface area contributed by atoms with E-state index in [9.17, 15) is 4.79 Å². The molecule has 0 aromatic heterocycles. The lowest BCUT2D eigenvalue weighted by atomic mass is 10.0. The van der Waals surface area contributed by atoms with Crippen LogP contribution in [0.2, 0.25) is 0 Å². The third kappa shape index (κ3) is 4.84. The van der Waals surface area contributed by atoms with E-state index in [0.29, 0.717) is 6.54 Å². The van der Waals surface area contributed by atoms with E-state index in [2.05, 4.69) is 41.5 Å². The lowest BCUT2D eigenvalue weighted by Gasteiger charge is -2.33. The number of nitrogens with zero attached hydrogens (tertiary/aromatic N) is 1. The molecule has 0 saturated carbocycles. The van der Waals surface area contributed by atoms with E-state index in [-0.39, 0.29) is 12.1 Å². The van der Waals surface area contributed by atoms with Gasteiger partial charge in [0.05, 0.1) is 20.7 Å². The second-order valence-electron chi connectivity index (χ2n) is 6.53. The second kappa shape index (κ2) is 8.17. The Bertz CT molecular complexity index is 496. The number of carbonyl (C=O) groups excluding carboxylic acids is 1. The molecule has 0 radical (unpaired) electrons. The summed E-state index contributed by atoms with van der Waals surface area (Å²) < 4.78 is 4.72. The highest BCUT2D eigenvalue weighted by atomic mass is 16.5. The number of hydrogen-bond acceptors (Lipinski definition) is 3. The van der Waals surface area contributed by atoms with Gasteiger partial charge in [0.15, 0.2) is 0 Å². The summed E-state index contributed by atoms with van der Waals surface area (Å²) in [5.41, 5.74) is 2.45. The van der Waals surface area contributed by atoms with Crippen molar-refractivity contribution >= 4 is 11.8 Å². The van der Waals surface area contributed by atoms with E-state index >= 15 is 0 Å². The molecule has 128 valence electrons. The summed E-state index contributed by atoms with van der Waals surface area (Å²) in [5.74, 6) is 0. The highest BCUT2D eigenvalue weighted by Crippen LogP contribution is 2.16. The second-order valence-corrected chi connectivity index (χ2v) is 6.53. The molecule has 1 amide bonds. The number of alkyl carbamates (subject to hydrolysis) is 1. The molecule has 23 heavy (non-hydrogen) atoms. The molecule has 1 heterocycles. The number of nitrogens with one attached hydrogen (secondary N) is 3. The molecule has 1 aromatic rings. The van der Waals surface area contributed by atoms with Crippen molar-refractivity contribution in [3.8, 4) is 0 Å². The molecule has 2 rings (SSSR count). The molecule has 6 nitrogen and oxygen atoms in total. The van der Waals surface area contributed by atoms with Crippen molar-refractivity contribution in [1.82, 2.24) is 5.32 Å². The number of rotatable bonds is 5. The molecule has 0 bridgehead atoms. The monoisotopic (exact) mass is 322 g/mol. The summed E-state index contributed by atoms with van der Waals surface area (Å²) in [7, 11) is 7.73. The average Bonchev–Trinajstić information content (AvgIpc) is 2.56. The van der Waals surface area contributed by atoms with E-state index in [4.69, 9.17) is 4.74 Å². The van der Waals surface area contributed by atoms with Crippen molar-refractivity contribution in [1.29, 1.82) is 0 Å². The normalized spacial score (nSPS) is 22.3. The van der Waals surface area contributed by atoms with Gasteiger partial charge in [-0.1, -0.05) is 12.1 Å². The Morgan fingerprint density at radius 1 is 1.22 bits per heavy atom. The maximum atomic E-state index is 11.5. The third-order valence-electron chi connectivity index (χ3n) is 4.69. The largest absolute Gasteiger partial charge is 0.453 e. The molecule has 0 spiro atoms. The number of carbonyl (C=O) groups is 1. The number of ether oxygens (including phenoxy) is 1. The Labute approximate surface area is 139 Å². The van der Waals surface area contributed by atoms with E-state index < -0.39 is 0 Å². The molecule has 1 aliphatic rings. The zero-order chi connectivity index (χ0) is 16.8. The van der Waals surface area contributed by atoms with Crippen LogP contribution in [-0.2, 0) is 4.74 Å². The first-order chi connectivity index (χ1) is 11.0. The van der Waals surface area contributed by atoms with Gasteiger partial charge in [0, 0.05) is 25.3 Å². The summed E-state index contributed by atoms with van der Waals surface area (Å²) in [4.78, 5) is 16.7. The molecule has 1 aliphatic heterocycles. The standard InChI is InChI=1S/C17H28N4O2/c1-19(2)15-7-5-14(6-8-15)16(13-18-17(22)23-4)21-11-9-20(3)10-12-21/h5-8,16H,9-13H2,1-4H3,(H,18,22)/p+2/t16-/m1/s1. The Morgan fingerprint density at radius 3 is 2.35 bits per heavy atom. The minimum Gasteiger partial charge on any atom is -0.453 e. The first-order valence-electron chi connectivity index (χ1n) is 8.26. The summed E-state index contributed by atoms with van der Waals surface area (Å²) in [6.07, 6.45) is -0.362. The number of anilines is 1. The molecule has 6 heteroatoms. The molecular formula is C17H30N4O2+2. The quantitative estimate of drug-likeness (QED) is 0.623. The Balaban J connectivity index is 2.12. The van der Waals surface area contributed by atoms with Crippen LogP contribution in [0.3, 0.4) is 0 Å². The van der Waals surface area contributed by atoms with Crippen LogP contribution in [0.1, 0.15) is 11.6 Å². The molecule has 1 atom stereocenters. The molecular weight excluding hydrogens is 292 g/mol. The number of methoxy groups -OCH3 is 1. The van der Waals surface area contributed by atoms with Crippen molar-refractivity contribution in [2.45, 2.75) is 6.04 Å². The summed E-state index contributed by atoms with van der Waals surface area (Å²) in [6, 6.07) is 8.90. The fraction of sp³-hybridized carbons (Fsp3) is 0.588. The summed E-state index contributed by atoms with van der Waals surface area (Å²) in [6.45, 7) is 5.17. The molecule has 0 aliphatic carbocycles. The molecule has 1 saturated heterocycles. The van der Waals surface area contributed by atoms with Gasteiger partial charge >= 0.3 is 6.09 Å². The van der Waals surface area contributed by atoms with E-state index in [1.165, 1.54) is 36.4 Å². The predicted octanol–water partition coefficient (Wildman–Crippen LogP) is -1.44. The van der Waals surface area contributed by atoms with Crippen LogP contribution in [0.25, 0.3) is 0 Å². The minimum absolute atomic E-state index is 0.262. The number of likely N-dealkylation sites (N-methyl/N-ethyl adjacent to an activating group) is 1. The highest BCUT2D eigenvalue weighted by molar-refractivity contribution is 5.66. The van der Waals surface area contributed by atoms with Crippen LogP contribution in [0.15, 0.2) is 24.3 Å². The van der Waals surface area contributed by atoms with Gasteiger partial charge in [-0.25, -0.2) is 4.79 Å². The molecule has 3 N–H and O–H groups in total. The maximum absolute atomic E-state index is 11.5. The van der Waals surface area contributed by atoms with Crippen LogP contribution in [0, 0.1) is 0 Å². The zero-order valence-corrected chi connectivity index (χ0v) is 14.7. The number of amides is 1. The predicted molar refractivity (Wildman–Crippen MR) is 91.2 cm³/mol. The Kier molecular flexibility index (Phi) is 6.24. The highest BCUT2D eigenvalue weighted by Gasteiger charge is 2.29. The summed E-state index contributed by atoms with van der Waals surface area (Å²) in [5, 5.41) is 2.88. The zero-order valence-electron chi connectivity index (χ0n) is 14.7. The van der Waals surface area contributed by atoms with Gasteiger partial charge in [-0.05, 0) is 12.1 Å². The average molecular weight is 322 g/mol. The van der Waals surface area contributed by atoms with Crippen LogP contribution >= 0.6 is 0 Å². The van der Waals surface area contributed by atoms with E-state index in [1.54, 1.807) is 4.90 Å². The van der Waals surface area contributed by atoms with Crippen LogP contribution in [-0.4, -0.2) is 67.1 Å². The number of hydrogen-bond donors (Lipinski definition) is 3. The van der Waals surface area contributed by atoms with Crippen molar-refractivity contribution in [2.24, 2.45) is 0 Å². The molecule has 0 unspecified atom stereocenters. The van der Waals surface area contributed by atoms with Crippen LogP contribution < -0.4 is 20.0 Å². The van der Waals surface area contributed by atoms with Crippen molar-refractivity contribution in [3.05, 3.63) is 29.8 Å². The maximum Gasteiger partial charge on any atom is 0.407 e. The van der Waals surface area contributed by atoms with Crippen molar-refractivity contribution in [3.63, 3.8) is 0 Å². The van der Waals surface area contributed by atoms with Gasteiger partial charge in [0.2, 0.25) is 0 Å². The van der Waals surface area contributed by atoms with Gasteiger partial charge < -0.3 is 24.8 Å². The minimum atomic E-state index is -0.362.